The Bertz CT molecular complexity index is 1380. The highest BCUT2D eigenvalue weighted by molar-refractivity contribution is 6.03. The summed E-state index contributed by atoms with van der Waals surface area (Å²) >= 11 is 0. The van der Waals surface area contributed by atoms with Crippen molar-refractivity contribution in [3.63, 3.8) is 0 Å². The second-order valence-corrected chi connectivity index (χ2v) is 10.2. The van der Waals surface area contributed by atoms with Crippen molar-refractivity contribution < 1.29 is 9.59 Å². The summed E-state index contributed by atoms with van der Waals surface area (Å²) in [7, 11) is 0. The van der Waals surface area contributed by atoms with Gasteiger partial charge in [0, 0.05) is 38.2 Å². The monoisotopic (exact) mass is 502 g/mol. The van der Waals surface area contributed by atoms with Crippen LogP contribution in [0.15, 0.2) is 96.2 Å². The molecule has 0 spiro atoms. The molecule has 1 saturated heterocycles. The van der Waals surface area contributed by atoms with Gasteiger partial charge in [0.25, 0.3) is 0 Å². The number of Topliss-reactive ketones (excluding diaryl/α,β-unsaturated/α-hetero) is 1. The highest BCUT2D eigenvalue weighted by atomic mass is 16.2. The molecule has 2 heterocycles. The van der Waals surface area contributed by atoms with Crippen molar-refractivity contribution >= 4 is 29.4 Å². The van der Waals surface area contributed by atoms with Gasteiger partial charge < -0.3 is 4.90 Å². The van der Waals surface area contributed by atoms with E-state index in [1.807, 2.05) is 59.6 Å². The summed E-state index contributed by atoms with van der Waals surface area (Å²) in [5.41, 5.74) is 7.63. The van der Waals surface area contributed by atoms with Crippen LogP contribution in [0.2, 0.25) is 0 Å². The molecule has 1 amide bonds. The van der Waals surface area contributed by atoms with Crippen LogP contribution in [0.25, 0.3) is 17.7 Å². The second kappa shape index (κ2) is 12.0. The summed E-state index contributed by atoms with van der Waals surface area (Å²) in [4.78, 5) is 31.9. The minimum Gasteiger partial charge on any atom is -0.343 e. The predicted molar refractivity (Wildman–Crippen MR) is 154 cm³/mol. The highest BCUT2D eigenvalue weighted by Gasteiger charge is 2.30. The Balaban J connectivity index is 1.37. The van der Waals surface area contributed by atoms with E-state index in [9.17, 15) is 9.59 Å². The Labute approximate surface area is 225 Å². The minimum atomic E-state index is 0.134. The van der Waals surface area contributed by atoms with Crippen molar-refractivity contribution in [1.29, 1.82) is 0 Å². The minimum absolute atomic E-state index is 0.134. The first-order valence-electron chi connectivity index (χ1n) is 13.5. The van der Waals surface area contributed by atoms with E-state index in [1.54, 1.807) is 6.92 Å². The van der Waals surface area contributed by atoms with Gasteiger partial charge in [0.2, 0.25) is 5.91 Å². The number of hydrogen-bond acceptors (Lipinski definition) is 3. The number of carbonyl (C=O) groups is 2. The smallest absolute Gasteiger partial charge is 0.219 e. The van der Waals surface area contributed by atoms with Crippen LogP contribution in [0.5, 0.6) is 0 Å². The van der Waals surface area contributed by atoms with Crippen molar-refractivity contribution in [2.24, 2.45) is 5.92 Å². The number of pyridine rings is 1. The van der Waals surface area contributed by atoms with Crippen LogP contribution in [0.3, 0.4) is 0 Å². The zero-order valence-corrected chi connectivity index (χ0v) is 22.0. The third-order valence-electron chi connectivity index (χ3n) is 7.66. The zero-order chi connectivity index (χ0) is 26.3. The Kier molecular flexibility index (Phi) is 8.08. The maximum absolute atomic E-state index is 13.6. The average Bonchev–Trinajstić information content (AvgIpc) is 3.42. The fourth-order valence-electron chi connectivity index (χ4n) is 5.49. The summed E-state index contributed by atoms with van der Waals surface area (Å²) in [6.07, 6.45) is 11.9. The fraction of sp³-hybridized carbons (Fsp3) is 0.265. The van der Waals surface area contributed by atoms with Crippen molar-refractivity contribution in [2.75, 3.05) is 13.1 Å². The molecule has 1 aliphatic heterocycles. The topological polar surface area (TPSA) is 50.3 Å². The van der Waals surface area contributed by atoms with Gasteiger partial charge in [-0.3, -0.25) is 14.6 Å². The van der Waals surface area contributed by atoms with E-state index < -0.39 is 0 Å². The number of hydrogen-bond donors (Lipinski definition) is 0. The fourth-order valence-corrected chi connectivity index (χ4v) is 5.49. The van der Waals surface area contributed by atoms with E-state index in [1.165, 1.54) is 16.7 Å². The van der Waals surface area contributed by atoms with Gasteiger partial charge >= 0.3 is 0 Å². The molecule has 38 heavy (non-hydrogen) atoms. The van der Waals surface area contributed by atoms with Crippen LogP contribution >= 0.6 is 0 Å². The molecule has 0 saturated carbocycles. The molecule has 0 atom stereocenters. The Morgan fingerprint density at radius 1 is 0.947 bits per heavy atom. The van der Waals surface area contributed by atoms with E-state index >= 15 is 0 Å². The van der Waals surface area contributed by atoms with E-state index in [2.05, 4.69) is 47.5 Å². The van der Waals surface area contributed by atoms with Crippen molar-refractivity contribution in [3.8, 4) is 0 Å². The molecular weight excluding hydrogens is 468 g/mol. The first kappa shape index (κ1) is 25.6. The molecule has 0 unspecified atom stereocenters. The second-order valence-electron chi connectivity index (χ2n) is 10.2. The van der Waals surface area contributed by atoms with Gasteiger partial charge in [-0.15, -0.1) is 0 Å². The third kappa shape index (κ3) is 6.25. The molecular formula is C34H34N2O2. The lowest BCUT2D eigenvalue weighted by atomic mass is 9.84. The summed E-state index contributed by atoms with van der Waals surface area (Å²) in [6, 6.07) is 24.6. The number of ketones is 1. The van der Waals surface area contributed by atoms with Gasteiger partial charge in [-0.05, 0) is 78.1 Å². The summed E-state index contributed by atoms with van der Waals surface area (Å²) < 4.78 is 0. The van der Waals surface area contributed by atoms with E-state index in [-0.39, 0.29) is 11.7 Å². The van der Waals surface area contributed by atoms with Gasteiger partial charge in [-0.1, -0.05) is 72.3 Å². The normalized spacial score (nSPS) is 16.2. The average molecular weight is 503 g/mol. The largest absolute Gasteiger partial charge is 0.343 e. The summed E-state index contributed by atoms with van der Waals surface area (Å²) in [5, 5.41) is 0. The lowest BCUT2D eigenvalue weighted by Crippen LogP contribution is -2.37. The highest BCUT2D eigenvalue weighted by Crippen LogP contribution is 2.40. The molecule has 5 rings (SSSR count). The molecule has 2 aromatic carbocycles. The number of carbonyl (C=O) groups excluding carboxylic acids is 2. The first-order chi connectivity index (χ1) is 18.6. The maximum Gasteiger partial charge on any atom is 0.219 e. The predicted octanol–water partition coefficient (Wildman–Crippen LogP) is 6.80. The Hall–Kier alpha value is -4.05. The van der Waals surface area contributed by atoms with Crippen LogP contribution in [0, 0.1) is 5.92 Å². The molecule has 1 aromatic heterocycles. The first-order valence-corrected chi connectivity index (χ1v) is 13.5. The van der Waals surface area contributed by atoms with E-state index in [0.29, 0.717) is 12.3 Å². The van der Waals surface area contributed by atoms with Crippen molar-refractivity contribution in [2.45, 2.75) is 39.0 Å². The summed E-state index contributed by atoms with van der Waals surface area (Å²) in [6.45, 7) is 3.16. The van der Waals surface area contributed by atoms with Gasteiger partial charge in [0.1, 0.15) is 0 Å². The lowest BCUT2D eigenvalue weighted by molar-refractivity contribution is -0.130. The molecule has 2 aliphatic rings. The van der Waals surface area contributed by atoms with Crippen LogP contribution in [-0.4, -0.2) is 34.7 Å². The molecule has 1 fully saturated rings. The number of likely N-dealkylation sites (tertiary alicyclic amines) is 1. The molecule has 4 nitrogen and oxygen atoms in total. The molecule has 0 radical (unpaired) electrons. The number of benzene rings is 2. The standard InChI is InChI=1S/C34H34N2O2/c1-25(37)36-20-17-28(18-21-36)32-23-30(24-33(32)34(38)15-13-27-10-6-3-7-11-27)29-16-19-35-31(22-29)14-12-26-8-4-2-5-9-26/h2-12,14,16,19,22,24,28H,13,15,17-18,20-21,23H2,1H3/b14-12+. The van der Waals surface area contributed by atoms with E-state index in [4.69, 9.17) is 0 Å². The quantitative estimate of drug-likeness (QED) is 0.341. The van der Waals surface area contributed by atoms with Gasteiger partial charge in [0.15, 0.2) is 5.78 Å². The Morgan fingerprint density at radius 2 is 1.66 bits per heavy atom. The molecule has 0 N–H and O–H groups in total. The van der Waals surface area contributed by atoms with Gasteiger partial charge in [0.05, 0.1) is 5.69 Å². The number of allylic oxidation sites excluding steroid dienone is 4. The van der Waals surface area contributed by atoms with E-state index in [0.717, 1.165) is 61.2 Å². The van der Waals surface area contributed by atoms with Crippen LogP contribution < -0.4 is 0 Å². The van der Waals surface area contributed by atoms with Crippen molar-refractivity contribution in [1.82, 2.24) is 9.88 Å². The van der Waals surface area contributed by atoms with Gasteiger partial charge in [-0.25, -0.2) is 0 Å². The van der Waals surface area contributed by atoms with Crippen LogP contribution in [0.4, 0.5) is 0 Å². The summed E-state index contributed by atoms with van der Waals surface area (Å²) in [5.74, 6) is 0.676. The SMILES string of the molecule is CC(=O)N1CCC(C2=C(C(=O)CCc3ccccc3)C=C(c3ccnc(/C=C/c4ccccc4)c3)C2)CC1. The van der Waals surface area contributed by atoms with Crippen molar-refractivity contribution in [3.05, 3.63) is 119 Å². The van der Waals surface area contributed by atoms with Gasteiger partial charge in [-0.2, -0.15) is 0 Å². The molecule has 4 heteroatoms. The number of piperidine rings is 1. The lowest BCUT2D eigenvalue weighted by Gasteiger charge is -2.32. The molecule has 0 bridgehead atoms. The number of amides is 1. The molecule has 3 aromatic rings. The number of nitrogens with zero attached hydrogens (tertiary/aromatic N) is 2. The number of aromatic nitrogens is 1. The zero-order valence-electron chi connectivity index (χ0n) is 22.0. The molecule has 1 aliphatic carbocycles. The number of aryl methyl sites for hydroxylation is 1. The number of rotatable bonds is 8. The van der Waals surface area contributed by atoms with Crippen LogP contribution in [-0.2, 0) is 16.0 Å². The van der Waals surface area contributed by atoms with Crippen LogP contribution in [0.1, 0.15) is 55.0 Å². The Morgan fingerprint density at radius 3 is 2.37 bits per heavy atom. The maximum atomic E-state index is 13.6. The molecule has 192 valence electrons. The third-order valence-corrected chi connectivity index (χ3v) is 7.66.